The normalized spacial score (nSPS) is 14.0. The highest BCUT2D eigenvalue weighted by Crippen LogP contribution is 2.17. The minimum atomic E-state index is -3.19. The third-order valence-corrected chi connectivity index (χ3v) is 4.14. The van der Waals surface area contributed by atoms with Crippen LogP contribution in [0.15, 0.2) is 28.1 Å². The molecule has 0 radical (unpaired) electrons. The molecule has 0 bridgehead atoms. The summed E-state index contributed by atoms with van der Waals surface area (Å²) in [5, 5.41) is 3.01. The zero-order chi connectivity index (χ0) is 16.0. The van der Waals surface area contributed by atoms with E-state index in [9.17, 15) is 8.42 Å². The van der Waals surface area contributed by atoms with Crippen molar-refractivity contribution in [2.24, 2.45) is 10.7 Å². The lowest BCUT2D eigenvalue weighted by Crippen LogP contribution is -2.40. The maximum atomic E-state index is 11.5. The second-order valence-corrected chi connectivity index (χ2v) is 7.06. The Morgan fingerprint density at radius 3 is 2.67 bits per heavy atom. The van der Waals surface area contributed by atoms with Crippen molar-refractivity contribution in [2.75, 3.05) is 20.0 Å². The molecule has 1 atom stereocenters. The van der Waals surface area contributed by atoms with Gasteiger partial charge in [-0.05, 0) is 31.0 Å². The number of benzene rings is 1. The van der Waals surface area contributed by atoms with Gasteiger partial charge in [0.2, 0.25) is 0 Å². The predicted octanol–water partition coefficient (Wildman–Crippen LogP) is 0.838. The number of aryl methyl sites for hydroxylation is 1. The second-order valence-electron chi connectivity index (χ2n) is 5.07. The number of hydrogen-bond donors (Lipinski definition) is 2. The molecule has 0 heterocycles. The molecule has 0 amide bonds. The lowest BCUT2D eigenvalue weighted by atomic mass is 10.1. The van der Waals surface area contributed by atoms with Gasteiger partial charge >= 0.3 is 0 Å². The minimum Gasteiger partial charge on any atom is -0.383 e. The number of hydrogen-bond acceptors (Lipinski definition) is 4. The number of nitrogens with zero attached hydrogens (tertiary/aromatic N) is 1. The van der Waals surface area contributed by atoms with Crippen molar-refractivity contribution >= 4 is 15.8 Å². The molecule has 7 heteroatoms. The number of aliphatic imine (C=N–C) groups is 1. The highest BCUT2D eigenvalue weighted by molar-refractivity contribution is 7.90. The summed E-state index contributed by atoms with van der Waals surface area (Å²) >= 11 is 0. The molecule has 0 spiro atoms. The predicted molar refractivity (Wildman–Crippen MR) is 84.1 cm³/mol. The Hall–Kier alpha value is -1.60. The van der Waals surface area contributed by atoms with Crippen molar-refractivity contribution in [3.63, 3.8) is 0 Å². The number of nitrogens with two attached hydrogens (primary N) is 1. The molecule has 6 nitrogen and oxygen atoms in total. The van der Waals surface area contributed by atoms with Crippen molar-refractivity contribution in [3.05, 3.63) is 29.3 Å². The van der Waals surface area contributed by atoms with E-state index in [0.717, 1.165) is 5.56 Å². The molecule has 1 rings (SSSR count). The highest BCUT2D eigenvalue weighted by atomic mass is 32.2. The Kier molecular flexibility index (Phi) is 6.17. The average Bonchev–Trinajstić information content (AvgIpc) is 2.35. The zero-order valence-electron chi connectivity index (χ0n) is 12.9. The van der Waals surface area contributed by atoms with E-state index in [1.165, 1.54) is 6.26 Å². The fourth-order valence-electron chi connectivity index (χ4n) is 1.99. The molecule has 0 saturated carbocycles. The maximum Gasteiger partial charge on any atom is 0.189 e. The quantitative estimate of drug-likeness (QED) is 0.599. The summed E-state index contributed by atoms with van der Waals surface area (Å²) in [5.74, 6) is 0.337. The molecule has 21 heavy (non-hydrogen) atoms. The molecular weight excluding hydrogens is 290 g/mol. The average molecular weight is 313 g/mol. The van der Waals surface area contributed by atoms with Crippen molar-refractivity contribution in [2.45, 2.75) is 31.3 Å². The number of ether oxygens (including phenoxy) is 1. The summed E-state index contributed by atoms with van der Waals surface area (Å²) in [5.41, 5.74) is 7.40. The monoisotopic (exact) mass is 313 g/mol. The summed E-state index contributed by atoms with van der Waals surface area (Å²) in [6.45, 7) is 4.64. The van der Waals surface area contributed by atoms with Crippen LogP contribution in [0.25, 0.3) is 0 Å². The molecule has 0 fully saturated rings. The molecule has 1 aromatic rings. The first-order valence-electron chi connectivity index (χ1n) is 6.59. The van der Waals surface area contributed by atoms with Crippen molar-refractivity contribution in [3.8, 4) is 0 Å². The Labute approximate surface area is 126 Å². The first-order chi connectivity index (χ1) is 9.74. The van der Waals surface area contributed by atoms with E-state index in [1.807, 2.05) is 13.0 Å². The molecule has 118 valence electrons. The number of nitrogens with one attached hydrogen (secondary N) is 1. The summed E-state index contributed by atoms with van der Waals surface area (Å²) < 4.78 is 28.1. The van der Waals surface area contributed by atoms with Crippen LogP contribution in [0, 0.1) is 6.92 Å². The lowest BCUT2D eigenvalue weighted by Gasteiger charge is -2.13. The van der Waals surface area contributed by atoms with Crippen LogP contribution in [-0.2, 0) is 21.1 Å². The van der Waals surface area contributed by atoms with Gasteiger partial charge < -0.3 is 15.8 Å². The fraction of sp³-hybridized carbons (Fsp3) is 0.500. The van der Waals surface area contributed by atoms with Crippen LogP contribution < -0.4 is 11.1 Å². The molecular formula is C14H23N3O3S. The zero-order valence-corrected chi connectivity index (χ0v) is 13.7. The molecule has 3 N–H and O–H groups in total. The highest BCUT2D eigenvalue weighted by Gasteiger charge is 2.10. The van der Waals surface area contributed by atoms with E-state index in [4.69, 9.17) is 10.5 Å². The van der Waals surface area contributed by atoms with Gasteiger partial charge in [0.1, 0.15) is 0 Å². The van der Waals surface area contributed by atoms with E-state index in [-0.39, 0.29) is 6.04 Å². The SMILES string of the molecule is COCC(C)NC(N)=NCc1ccc(S(C)(=O)=O)c(C)c1. The molecule has 1 aromatic carbocycles. The van der Waals surface area contributed by atoms with Crippen molar-refractivity contribution in [1.29, 1.82) is 0 Å². The first kappa shape index (κ1) is 17.5. The number of methoxy groups -OCH3 is 1. The van der Waals surface area contributed by atoms with Crippen LogP contribution in [0.1, 0.15) is 18.1 Å². The molecule has 0 saturated heterocycles. The standard InChI is InChI=1S/C14H23N3O3S/c1-10-7-12(5-6-13(10)21(4,18)19)8-16-14(15)17-11(2)9-20-3/h5-7,11H,8-9H2,1-4H3,(H3,15,16,17). The number of guanidine groups is 1. The minimum absolute atomic E-state index is 0.0769. The third kappa shape index (κ3) is 5.73. The Morgan fingerprint density at radius 1 is 1.48 bits per heavy atom. The second kappa shape index (κ2) is 7.42. The van der Waals surface area contributed by atoms with Crippen LogP contribution >= 0.6 is 0 Å². The van der Waals surface area contributed by atoms with Crippen molar-refractivity contribution < 1.29 is 13.2 Å². The lowest BCUT2D eigenvalue weighted by molar-refractivity contribution is 0.179. The van der Waals surface area contributed by atoms with Gasteiger partial charge in [-0.1, -0.05) is 12.1 Å². The van der Waals surface area contributed by atoms with Crippen LogP contribution in [-0.4, -0.2) is 40.4 Å². The topological polar surface area (TPSA) is 93.8 Å². The van der Waals surface area contributed by atoms with Gasteiger partial charge in [-0.25, -0.2) is 13.4 Å². The molecule has 1 unspecified atom stereocenters. The van der Waals surface area contributed by atoms with Crippen LogP contribution in [0.5, 0.6) is 0 Å². The van der Waals surface area contributed by atoms with Gasteiger partial charge in [-0.15, -0.1) is 0 Å². The van der Waals surface area contributed by atoms with E-state index in [1.54, 1.807) is 26.2 Å². The molecule has 0 aliphatic carbocycles. The van der Waals surface area contributed by atoms with Crippen LogP contribution in [0.3, 0.4) is 0 Å². The van der Waals surface area contributed by atoms with Crippen LogP contribution in [0.2, 0.25) is 0 Å². The summed E-state index contributed by atoms with van der Waals surface area (Å²) in [4.78, 5) is 4.57. The number of rotatable bonds is 6. The summed E-state index contributed by atoms with van der Waals surface area (Å²) in [6, 6.07) is 5.24. The molecule has 0 aliphatic heterocycles. The van der Waals surface area contributed by atoms with Gasteiger partial charge in [-0.3, -0.25) is 0 Å². The van der Waals surface area contributed by atoms with Crippen molar-refractivity contribution in [1.82, 2.24) is 5.32 Å². The van der Waals surface area contributed by atoms with Gasteiger partial charge in [0.25, 0.3) is 0 Å². The Balaban J connectivity index is 2.74. The van der Waals surface area contributed by atoms with Gasteiger partial charge in [0.15, 0.2) is 15.8 Å². The van der Waals surface area contributed by atoms with E-state index in [2.05, 4.69) is 10.3 Å². The maximum absolute atomic E-state index is 11.5. The van der Waals surface area contributed by atoms with Gasteiger partial charge in [0, 0.05) is 19.4 Å². The Bertz CT molecular complexity index is 612. The van der Waals surface area contributed by atoms with Gasteiger partial charge in [0.05, 0.1) is 18.0 Å². The largest absolute Gasteiger partial charge is 0.383 e. The summed E-state index contributed by atoms with van der Waals surface area (Å²) in [6.07, 6.45) is 1.20. The van der Waals surface area contributed by atoms with E-state index < -0.39 is 9.84 Å². The molecule has 0 aromatic heterocycles. The van der Waals surface area contributed by atoms with E-state index >= 15 is 0 Å². The summed E-state index contributed by atoms with van der Waals surface area (Å²) in [7, 11) is -1.57. The van der Waals surface area contributed by atoms with E-state index in [0.29, 0.717) is 29.6 Å². The fourth-order valence-corrected chi connectivity index (χ4v) is 2.95. The molecule has 0 aliphatic rings. The van der Waals surface area contributed by atoms with Gasteiger partial charge in [-0.2, -0.15) is 0 Å². The number of sulfone groups is 1. The van der Waals surface area contributed by atoms with Crippen LogP contribution in [0.4, 0.5) is 0 Å². The first-order valence-corrected chi connectivity index (χ1v) is 8.48. The third-order valence-electron chi connectivity index (χ3n) is 2.88. The smallest absolute Gasteiger partial charge is 0.189 e. The Morgan fingerprint density at radius 2 is 2.14 bits per heavy atom.